The van der Waals surface area contributed by atoms with E-state index >= 15 is 0 Å². The number of rotatable bonds is 5. The fourth-order valence-corrected chi connectivity index (χ4v) is 11.5. The molecule has 43 heavy (non-hydrogen) atoms. The summed E-state index contributed by atoms with van der Waals surface area (Å²) >= 11 is 0. The first-order valence-electron chi connectivity index (χ1n) is 14.4. The van der Waals surface area contributed by atoms with Crippen molar-refractivity contribution in [3.05, 3.63) is 97.1 Å². The van der Waals surface area contributed by atoms with Gasteiger partial charge in [-0.25, -0.2) is 0 Å². The summed E-state index contributed by atoms with van der Waals surface area (Å²) in [5, 5.41) is 0.877. The third-order valence-corrected chi connectivity index (χ3v) is 11.9. The minimum absolute atomic E-state index is 0.530. The molecule has 0 amide bonds. The highest BCUT2D eigenvalue weighted by Crippen LogP contribution is 2.76. The zero-order valence-corrected chi connectivity index (χ0v) is 26.2. The molecule has 4 aliphatic rings. The fraction of sp³-hybridized carbons (Fsp3) is 0.294. The Labute approximate surface area is 252 Å². The van der Waals surface area contributed by atoms with E-state index in [0.717, 1.165) is 38.8 Å². The predicted octanol–water partition coefficient (Wildman–Crippen LogP) is 10.3. The Hall–Kier alpha value is -3.31. The molecule has 220 valence electrons. The average molecular weight is 615 g/mol. The van der Waals surface area contributed by atoms with Crippen LogP contribution in [0, 0.1) is 0 Å². The first-order chi connectivity index (χ1) is 20.6. The zero-order chi connectivity index (χ0) is 29.5. The smallest absolute Gasteiger partial charge is 0.453 e. The molecule has 4 fully saturated rings. The van der Waals surface area contributed by atoms with Gasteiger partial charge in [-0.3, -0.25) is 0 Å². The molecule has 0 radical (unpaired) electrons. The van der Waals surface area contributed by atoms with E-state index in [1.165, 1.54) is 0 Å². The van der Waals surface area contributed by atoms with Crippen molar-refractivity contribution in [3.63, 3.8) is 0 Å². The molecular formula is C34H32O7P2. The minimum Gasteiger partial charge on any atom is -0.468 e. The summed E-state index contributed by atoms with van der Waals surface area (Å²) in [5.41, 5.74) is 3.22. The highest BCUT2D eigenvalue weighted by atomic mass is 31.1. The van der Waals surface area contributed by atoms with E-state index in [4.69, 9.17) is 31.7 Å². The monoisotopic (exact) mass is 614 g/mol. The highest BCUT2D eigenvalue weighted by molar-refractivity contribution is 7.56. The lowest BCUT2D eigenvalue weighted by molar-refractivity contribution is -0.469. The Balaban J connectivity index is 1.19. The molecule has 7 nitrogen and oxygen atoms in total. The van der Waals surface area contributed by atoms with E-state index in [0.29, 0.717) is 18.6 Å². The lowest BCUT2D eigenvalue weighted by Crippen LogP contribution is -2.71. The Morgan fingerprint density at radius 2 is 0.977 bits per heavy atom. The van der Waals surface area contributed by atoms with Gasteiger partial charge in [-0.1, -0.05) is 72.8 Å². The standard InChI is InChI=1S/C34H32O7P2/c1-31-21-33(3)41-32(2,39-31)22-34(4,40-31)42(33)35-27-17-9-5-13-23(27)24-14-6-10-18-28(24)36-43-37-29-19-11-7-15-25(29)26-16-8-12-20-30(26)38-43/h5-20H,21-22H2,1-4H3. The van der Waals surface area contributed by atoms with Gasteiger partial charge in [-0.15, -0.1) is 0 Å². The van der Waals surface area contributed by atoms with Crippen molar-refractivity contribution >= 4 is 38.3 Å². The number of para-hydroxylation sites is 4. The number of hydrogen-bond acceptors (Lipinski definition) is 7. The maximum Gasteiger partial charge on any atom is 0.453 e. The zero-order valence-electron chi connectivity index (χ0n) is 24.4. The van der Waals surface area contributed by atoms with Crippen LogP contribution in [-0.2, 0) is 14.2 Å². The van der Waals surface area contributed by atoms with Crippen LogP contribution in [0.1, 0.15) is 40.5 Å². The van der Waals surface area contributed by atoms with Crippen LogP contribution in [0.4, 0.5) is 0 Å². The maximum absolute atomic E-state index is 6.98. The molecular weight excluding hydrogens is 582 g/mol. The lowest BCUT2D eigenvalue weighted by atomic mass is 9.98. The van der Waals surface area contributed by atoms with Crippen LogP contribution in [0.15, 0.2) is 105 Å². The van der Waals surface area contributed by atoms with Crippen molar-refractivity contribution in [1.29, 1.82) is 0 Å². The van der Waals surface area contributed by atoms with Crippen molar-refractivity contribution in [2.24, 2.45) is 0 Å². The summed E-state index contributed by atoms with van der Waals surface area (Å²) in [6, 6.07) is 31.8. The summed E-state index contributed by atoms with van der Waals surface area (Å²) in [7, 11) is -3.02. The van der Waals surface area contributed by atoms with Gasteiger partial charge in [0.25, 0.3) is 0 Å². The van der Waals surface area contributed by atoms with E-state index in [-0.39, 0.29) is 0 Å². The molecule has 4 bridgehead atoms. The van der Waals surface area contributed by atoms with Crippen LogP contribution >= 0.6 is 16.4 Å². The second-order valence-corrected chi connectivity index (χ2v) is 15.8. The molecule has 0 spiro atoms. The topological polar surface area (TPSA) is 72.4 Å². The molecule has 4 saturated heterocycles. The average Bonchev–Trinajstić information content (AvgIpc) is 3.10. The van der Waals surface area contributed by atoms with E-state index in [1.807, 2.05) is 105 Å². The van der Waals surface area contributed by atoms with E-state index in [9.17, 15) is 0 Å². The van der Waals surface area contributed by atoms with Crippen LogP contribution in [0.25, 0.3) is 33.1 Å². The molecule has 5 aromatic rings. The van der Waals surface area contributed by atoms with Gasteiger partial charge in [0.2, 0.25) is 0 Å². The van der Waals surface area contributed by atoms with E-state index in [2.05, 4.69) is 19.9 Å². The lowest BCUT2D eigenvalue weighted by Gasteiger charge is -2.68. The van der Waals surface area contributed by atoms with Crippen LogP contribution in [-0.4, -0.2) is 22.3 Å². The van der Waals surface area contributed by atoms with Gasteiger partial charge >= 0.3 is 8.24 Å². The Kier molecular flexibility index (Phi) is 6.08. The Bertz CT molecular complexity index is 1820. The third kappa shape index (κ3) is 4.58. The molecule has 0 N–H and O–H groups in total. The van der Waals surface area contributed by atoms with Crippen LogP contribution < -0.4 is 9.05 Å². The molecule has 5 heterocycles. The number of hydrogen-bond donors (Lipinski definition) is 0. The fourth-order valence-electron chi connectivity index (χ4n) is 7.23. The minimum atomic E-state index is -1.81. The third-order valence-electron chi connectivity index (χ3n) is 8.30. The first kappa shape index (κ1) is 27.3. The van der Waals surface area contributed by atoms with Crippen molar-refractivity contribution in [1.82, 2.24) is 0 Å². The van der Waals surface area contributed by atoms with Gasteiger partial charge in [-0.05, 0) is 52.0 Å². The van der Waals surface area contributed by atoms with Gasteiger partial charge in [-0.2, -0.15) is 0 Å². The number of ether oxygens (including phenoxy) is 3. The molecule has 1 aromatic heterocycles. The number of fused-ring (bicyclic) bond motifs is 3. The molecule has 4 aliphatic heterocycles. The first-order valence-corrected chi connectivity index (χ1v) is 16.8. The Morgan fingerprint density at radius 3 is 1.51 bits per heavy atom. The van der Waals surface area contributed by atoms with Crippen molar-refractivity contribution in [2.75, 3.05) is 0 Å². The van der Waals surface area contributed by atoms with Gasteiger partial charge in [0.15, 0.2) is 19.7 Å². The molecule has 4 unspecified atom stereocenters. The summed E-state index contributed by atoms with van der Waals surface area (Å²) in [6.07, 6.45) is 1.20. The number of benzene rings is 4. The summed E-state index contributed by atoms with van der Waals surface area (Å²) in [6.45, 7) is 8.29. The second-order valence-electron chi connectivity index (χ2n) is 12.1. The quantitative estimate of drug-likeness (QED) is 0.182. The predicted molar refractivity (Wildman–Crippen MR) is 168 cm³/mol. The normalized spacial score (nSPS) is 30.9. The largest absolute Gasteiger partial charge is 0.468 e. The molecule has 9 rings (SSSR count). The van der Waals surface area contributed by atoms with Crippen molar-refractivity contribution < 1.29 is 31.7 Å². The van der Waals surface area contributed by atoms with Gasteiger partial charge < -0.3 is 31.7 Å². The Morgan fingerprint density at radius 1 is 0.535 bits per heavy atom. The summed E-state index contributed by atoms with van der Waals surface area (Å²) in [4.78, 5) is 0. The molecule has 4 atom stereocenters. The summed E-state index contributed by atoms with van der Waals surface area (Å²) < 4.78 is 45.6. The molecule has 0 aliphatic carbocycles. The van der Waals surface area contributed by atoms with Gasteiger partial charge in [0.1, 0.15) is 33.3 Å². The van der Waals surface area contributed by atoms with Gasteiger partial charge in [0, 0.05) is 34.7 Å². The van der Waals surface area contributed by atoms with Crippen LogP contribution in [0.3, 0.4) is 0 Å². The van der Waals surface area contributed by atoms with Crippen LogP contribution in [0.2, 0.25) is 0 Å². The van der Waals surface area contributed by atoms with E-state index in [1.54, 1.807) is 0 Å². The SMILES string of the molecule is CC12CC3(C)OC(C)(CC(C)(O1)P3Oc1ccccc1-c1ccccc1Op1oc3ccccc3c3ccccc3o1)O2. The van der Waals surface area contributed by atoms with Crippen LogP contribution in [0.5, 0.6) is 11.5 Å². The van der Waals surface area contributed by atoms with Crippen molar-refractivity contribution in [3.8, 4) is 22.6 Å². The highest BCUT2D eigenvalue weighted by Gasteiger charge is 2.73. The molecule has 4 aromatic carbocycles. The maximum atomic E-state index is 6.98. The molecule has 9 heteroatoms. The van der Waals surface area contributed by atoms with Crippen molar-refractivity contribution in [2.45, 2.75) is 62.8 Å². The van der Waals surface area contributed by atoms with E-state index < -0.39 is 38.6 Å². The second kappa shape index (κ2) is 9.59. The van der Waals surface area contributed by atoms with Gasteiger partial charge in [0.05, 0.1) is 0 Å². The summed E-state index contributed by atoms with van der Waals surface area (Å²) in [5.74, 6) is -0.0174. The molecule has 0 saturated carbocycles.